The molecule has 4 nitrogen and oxygen atoms in total. The van der Waals surface area contributed by atoms with Gasteiger partial charge in [0.2, 0.25) is 0 Å². The molecule has 1 N–H and O–H groups in total. The first kappa shape index (κ1) is 16.2. The molecule has 1 aromatic carbocycles. The van der Waals surface area contributed by atoms with E-state index in [0.29, 0.717) is 4.70 Å². The molecule has 2 rings (SSSR count). The topological polar surface area (TPSA) is 63.2 Å². The van der Waals surface area contributed by atoms with Gasteiger partial charge in [0.05, 0.1) is 10.8 Å². The Balaban J connectivity index is 2.17. The van der Waals surface area contributed by atoms with Gasteiger partial charge < -0.3 is 5.32 Å². The third-order valence-electron chi connectivity index (χ3n) is 2.95. The van der Waals surface area contributed by atoms with Crippen molar-refractivity contribution in [2.75, 3.05) is 18.1 Å². The van der Waals surface area contributed by atoms with Gasteiger partial charge in [0.1, 0.15) is 10.7 Å². The smallest absolute Gasteiger partial charge is 0.262 e. The lowest BCUT2D eigenvalue weighted by molar-refractivity contribution is 0.0960. The van der Waals surface area contributed by atoms with E-state index in [2.05, 4.69) is 5.32 Å². The first-order valence-electron chi connectivity index (χ1n) is 6.21. The van der Waals surface area contributed by atoms with Gasteiger partial charge in [0.25, 0.3) is 5.91 Å². The number of benzene rings is 1. The molecule has 21 heavy (non-hydrogen) atoms. The van der Waals surface area contributed by atoms with Crippen LogP contribution in [-0.4, -0.2) is 32.4 Å². The molecule has 0 fully saturated rings. The van der Waals surface area contributed by atoms with Gasteiger partial charge in [-0.25, -0.2) is 12.8 Å². The molecule has 114 valence electrons. The minimum Gasteiger partial charge on any atom is -0.350 e. The average molecular weight is 350 g/mol. The quantitative estimate of drug-likeness (QED) is 0.902. The van der Waals surface area contributed by atoms with Crippen LogP contribution in [0.4, 0.5) is 4.39 Å². The van der Waals surface area contributed by atoms with Gasteiger partial charge in [0.15, 0.2) is 9.84 Å². The molecule has 0 saturated heterocycles. The van der Waals surface area contributed by atoms with Crippen LogP contribution in [0.1, 0.15) is 16.6 Å². The van der Waals surface area contributed by atoms with Gasteiger partial charge in [-0.1, -0.05) is 24.6 Å². The molecule has 0 bridgehead atoms. The van der Waals surface area contributed by atoms with Crippen molar-refractivity contribution in [3.05, 3.63) is 33.9 Å². The van der Waals surface area contributed by atoms with Crippen molar-refractivity contribution in [1.29, 1.82) is 0 Å². The van der Waals surface area contributed by atoms with E-state index >= 15 is 0 Å². The first-order valence-corrected chi connectivity index (χ1v) is 9.22. The molecule has 0 atom stereocenters. The summed E-state index contributed by atoms with van der Waals surface area (Å²) in [5, 5.41) is 2.77. The fourth-order valence-electron chi connectivity index (χ4n) is 1.76. The highest BCUT2D eigenvalue weighted by Gasteiger charge is 2.19. The number of rotatable bonds is 5. The van der Waals surface area contributed by atoms with Crippen molar-refractivity contribution in [1.82, 2.24) is 5.32 Å². The zero-order chi connectivity index (χ0) is 15.6. The number of thiophene rings is 1. The third kappa shape index (κ3) is 3.53. The van der Waals surface area contributed by atoms with Gasteiger partial charge in [-0.05, 0) is 12.1 Å². The van der Waals surface area contributed by atoms with Crippen molar-refractivity contribution < 1.29 is 17.6 Å². The summed E-state index contributed by atoms with van der Waals surface area (Å²) in [6, 6.07) is 4.49. The van der Waals surface area contributed by atoms with Crippen molar-refractivity contribution in [3.63, 3.8) is 0 Å². The van der Waals surface area contributed by atoms with Crippen LogP contribution in [0, 0.1) is 5.82 Å². The second kappa shape index (κ2) is 6.29. The van der Waals surface area contributed by atoms with Crippen LogP contribution in [0.3, 0.4) is 0 Å². The average Bonchev–Trinajstić information content (AvgIpc) is 2.77. The monoisotopic (exact) mass is 349 g/mol. The number of amides is 1. The number of hydrogen-bond donors (Lipinski definition) is 1. The maximum atomic E-state index is 13.7. The molecule has 8 heteroatoms. The third-order valence-corrected chi connectivity index (χ3v) is 6.30. The Morgan fingerprint density at radius 1 is 1.43 bits per heavy atom. The van der Waals surface area contributed by atoms with Crippen LogP contribution < -0.4 is 5.32 Å². The minimum atomic E-state index is -3.14. The summed E-state index contributed by atoms with van der Waals surface area (Å²) in [6.07, 6.45) is 0. The standard InChI is InChI=1S/C13H13ClFNO3S2/c1-2-21(18,19)7-6-16-13(17)12-11(14)10-8(15)4-3-5-9(10)20-12/h3-5H,2,6-7H2,1H3,(H,16,17). The molecule has 1 aromatic heterocycles. The number of sulfone groups is 1. The molecule has 0 aliphatic heterocycles. The highest BCUT2D eigenvalue weighted by Crippen LogP contribution is 2.36. The molecule has 0 saturated carbocycles. The molecule has 0 aliphatic rings. The Morgan fingerprint density at radius 2 is 2.14 bits per heavy atom. The SMILES string of the molecule is CCS(=O)(=O)CCNC(=O)c1sc2cccc(F)c2c1Cl. The summed E-state index contributed by atoms with van der Waals surface area (Å²) in [4.78, 5) is 12.2. The van der Waals surface area contributed by atoms with E-state index in [9.17, 15) is 17.6 Å². The number of fused-ring (bicyclic) bond motifs is 1. The summed E-state index contributed by atoms with van der Waals surface area (Å²) in [5.74, 6) is -1.09. The lowest BCUT2D eigenvalue weighted by Crippen LogP contribution is -2.29. The zero-order valence-corrected chi connectivity index (χ0v) is 13.5. The van der Waals surface area contributed by atoms with Crippen molar-refractivity contribution in [2.45, 2.75) is 6.92 Å². The number of hydrogen-bond acceptors (Lipinski definition) is 4. The first-order chi connectivity index (χ1) is 9.85. The van der Waals surface area contributed by atoms with Gasteiger partial charge in [0, 0.05) is 22.4 Å². The Hall–Kier alpha value is -1.18. The van der Waals surface area contributed by atoms with E-state index in [0.717, 1.165) is 11.3 Å². The zero-order valence-electron chi connectivity index (χ0n) is 11.2. The van der Waals surface area contributed by atoms with E-state index in [4.69, 9.17) is 11.6 Å². The summed E-state index contributed by atoms with van der Waals surface area (Å²) in [7, 11) is -3.14. The fourth-order valence-corrected chi connectivity index (χ4v) is 3.94. The maximum Gasteiger partial charge on any atom is 0.262 e. The van der Waals surface area contributed by atoms with Crippen LogP contribution in [0.5, 0.6) is 0 Å². The van der Waals surface area contributed by atoms with E-state index in [1.165, 1.54) is 6.07 Å². The minimum absolute atomic E-state index is 0.00205. The van der Waals surface area contributed by atoms with Crippen LogP contribution in [0.2, 0.25) is 5.02 Å². The van der Waals surface area contributed by atoms with Gasteiger partial charge >= 0.3 is 0 Å². The Labute approximate surface area is 130 Å². The van der Waals surface area contributed by atoms with Crippen molar-refractivity contribution in [2.24, 2.45) is 0 Å². The fraction of sp³-hybridized carbons (Fsp3) is 0.308. The molecule has 0 spiro atoms. The number of carbonyl (C=O) groups excluding carboxylic acids is 1. The summed E-state index contributed by atoms with van der Waals surface area (Å²) < 4.78 is 37.0. The Kier molecular flexibility index (Phi) is 4.85. The normalized spacial score (nSPS) is 11.8. The van der Waals surface area contributed by atoms with Crippen molar-refractivity contribution in [3.8, 4) is 0 Å². The molecular weight excluding hydrogens is 337 g/mol. The summed E-state index contributed by atoms with van der Waals surface area (Å²) in [6.45, 7) is 1.55. The molecule has 1 heterocycles. The van der Waals surface area contributed by atoms with E-state index in [1.54, 1.807) is 19.1 Å². The lowest BCUT2D eigenvalue weighted by atomic mass is 10.2. The predicted octanol–water partition coefficient (Wildman–Crippen LogP) is 2.86. The lowest BCUT2D eigenvalue weighted by Gasteiger charge is -2.04. The second-order valence-electron chi connectivity index (χ2n) is 4.35. The predicted molar refractivity (Wildman–Crippen MR) is 83.5 cm³/mol. The molecule has 2 aromatic rings. The van der Waals surface area contributed by atoms with Gasteiger partial charge in [-0.2, -0.15) is 0 Å². The largest absolute Gasteiger partial charge is 0.350 e. The Bertz CT molecular complexity index is 786. The van der Waals surface area contributed by atoms with Crippen molar-refractivity contribution >= 4 is 48.8 Å². The van der Waals surface area contributed by atoms with Gasteiger partial charge in [-0.3, -0.25) is 4.79 Å². The molecular formula is C13H13ClFNO3S2. The van der Waals surface area contributed by atoms with Gasteiger partial charge in [-0.15, -0.1) is 11.3 Å². The highest BCUT2D eigenvalue weighted by molar-refractivity contribution is 7.91. The van der Waals surface area contributed by atoms with E-state index < -0.39 is 21.6 Å². The molecule has 0 aliphatic carbocycles. The van der Waals surface area contributed by atoms with E-state index in [-0.39, 0.29) is 33.3 Å². The number of nitrogens with one attached hydrogen (secondary N) is 1. The summed E-state index contributed by atoms with van der Waals surface area (Å²) in [5.41, 5.74) is 0. The molecule has 0 unspecified atom stereocenters. The van der Waals surface area contributed by atoms with Crippen LogP contribution in [-0.2, 0) is 9.84 Å². The number of carbonyl (C=O) groups is 1. The van der Waals surface area contributed by atoms with Crippen LogP contribution >= 0.6 is 22.9 Å². The van der Waals surface area contributed by atoms with Crippen LogP contribution in [0.25, 0.3) is 10.1 Å². The second-order valence-corrected chi connectivity index (χ2v) is 8.25. The Morgan fingerprint density at radius 3 is 2.76 bits per heavy atom. The molecule has 0 radical (unpaired) electrons. The highest BCUT2D eigenvalue weighted by atomic mass is 35.5. The maximum absolute atomic E-state index is 13.7. The summed E-state index contributed by atoms with van der Waals surface area (Å²) >= 11 is 7.12. The van der Waals surface area contributed by atoms with E-state index in [1.807, 2.05) is 0 Å². The molecule has 1 amide bonds. The van der Waals surface area contributed by atoms with Crippen LogP contribution in [0.15, 0.2) is 18.2 Å². The number of halogens is 2.